The first-order valence-corrected chi connectivity index (χ1v) is 8.58. The second kappa shape index (κ2) is 6.48. The van der Waals surface area contributed by atoms with Crippen molar-refractivity contribution in [3.8, 4) is 5.75 Å². The first-order valence-electron chi connectivity index (χ1n) is 8.58. The molecule has 0 aliphatic carbocycles. The average molecular weight is 343 g/mol. The van der Waals surface area contributed by atoms with Crippen molar-refractivity contribution in [1.29, 1.82) is 0 Å². The van der Waals surface area contributed by atoms with Gasteiger partial charge in [0.25, 0.3) is 0 Å². The lowest BCUT2D eigenvalue weighted by atomic mass is 9.98. The molecule has 2 aliphatic heterocycles. The third kappa shape index (κ3) is 2.89. The highest BCUT2D eigenvalue weighted by molar-refractivity contribution is 5.86. The van der Waals surface area contributed by atoms with Crippen LogP contribution in [0, 0.1) is 0 Å². The van der Waals surface area contributed by atoms with Crippen molar-refractivity contribution in [3.05, 3.63) is 41.6 Å². The van der Waals surface area contributed by atoms with Gasteiger partial charge in [-0.3, -0.25) is 4.79 Å². The fourth-order valence-electron chi connectivity index (χ4n) is 3.25. The molecule has 2 aliphatic rings. The molecule has 7 nitrogen and oxygen atoms in total. The van der Waals surface area contributed by atoms with Crippen LogP contribution in [0.3, 0.4) is 0 Å². The second-order valence-corrected chi connectivity index (χ2v) is 6.66. The maximum absolute atomic E-state index is 13.2. The van der Waals surface area contributed by atoms with Gasteiger partial charge in [-0.15, -0.1) is 10.2 Å². The number of nitrogens with zero attached hydrogens (tertiary/aromatic N) is 3. The van der Waals surface area contributed by atoms with Gasteiger partial charge in [0.2, 0.25) is 17.7 Å². The van der Waals surface area contributed by atoms with Crippen molar-refractivity contribution in [2.75, 3.05) is 26.4 Å². The molecule has 7 heteroatoms. The standard InChI is InChI=1S/C18H21N3O4/c1-11(2)16-19-20-17(25-16)14-10-23-8-7-21(14)18(22)13-9-24-15-6-4-3-5-12(13)15/h3-6,11,13-14H,7-10H2,1-2H3/t13-,14-/m1/s1. The zero-order valence-corrected chi connectivity index (χ0v) is 14.3. The summed E-state index contributed by atoms with van der Waals surface area (Å²) in [4.78, 5) is 15.0. The van der Waals surface area contributed by atoms with E-state index in [9.17, 15) is 4.79 Å². The van der Waals surface area contributed by atoms with E-state index in [-0.39, 0.29) is 23.8 Å². The van der Waals surface area contributed by atoms with Crippen LogP contribution in [-0.4, -0.2) is 47.4 Å². The van der Waals surface area contributed by atoms with Crippen LogP contribution in [0.5, 0.6) is 5.75 Å². The van der Waals surface area contributed by atoms with Gasteiger partial charge in [0.1, 0.15) is 24.3 Å². The van der Waals surface area contributed by atoms with Crippen LogP contribution in [-0.2, 0) is 9.53 Å². The Labute approximate surface area is 145 Å². The number of amides is 1. The fraction of sp³-hybridized carbons (Fsp3) is 0.500. The highest BCUT2D eigenvalue weighted by Crippen LogP contribution is 2.37. The van der Waals surface area contributed by atoms with Gasteiger partial charge in [0.15, 0.2) is 0 Å². The number of para-hydroxylation sites is 1. The Bertz CT molecular complexity index is 773. The van der Waals surface area contributed by atoms with Crippen LogP contribution >= 0.6 is 0 Å². The van der Waals surface area contributed by atoms with E-state index in [1.165, 1.54) is 0 Å². The minimum atomic E-state index is -0.353. The van der Waals surface area contributed by atoms with E-state index >= 15 is 0 Å². The lowest BCUT2D eigenvalue weighted by Gasteiger charge is -2.34. The zero-order valence-electron chi connectivity index (χ0n) is 14.3. The van der Waals surface area contributed by atoms with Gasteiger partial charge >= 0.3 is 0 Å². The molecule has 0 bridgehead atoms. The number of ether oxygens (including phenoxy) is 2. The van der Waals surface area contributed by atoms with Crippen molar-refractivity contribution in [2.45, 2.75) is 31.7 Å². The van der Waals surface area contributed by atoms with E-state index in [0.717, 1.165) is 11.3 Å². The molecule has 1 amide bonds. The summed E-state index contributed by atoms with van der Waals surface area (Å²) in [5, 5.41) is 8.23. The minimum Gasteiger partial charge on any atom is -0.492 e. The van der Waals surface area contributed by atoms with Crippen molar-refractivity contribution < 1.29 is 18.7 Å². The minimum absolute atomic E-state index is 0.0162. The number of fused-ring (bicyclic) bond motifs is 1. The number of carbonyl (C=O) groups is 1. The van der Waals surface area contributed by atoms with Crippen LogP contribution in [0.25, 0.3) is 0 Å². The number of morpholine rings is 1. The number of hydrogen-bond acceptors (Lipinski definition) is 6. The van der Waals surface area contributed by atoms with Gasteiger partial charge in [-0.05, 0) is 6.07 Å². The van der Waals surface area contributed by atoms with E-state index in [2.05, 4.69) is 10.2 Å². The topological polar surface area (TPSA) is 77.7 Å². The number of benzene rings is 1. The van der Waals surface area contributed by atoms with E-state index < -0.39 is 0 Å². The fourth-order valence-corrected chi connectivity index (χ4v) is 3.25. The summed E-state index contributed by atoms with van der Waals surface area (Å²) in [5.74, 6) is 1.65. The third-order valence-electron chi connectivity index (χ3n) is 4.64. The number of hydrogen-bond donors (Lipinski definition) is 0. The summed E-state index contributed by atoms with van der Waals surface area (Å²) in [5.41, 5.74) is 0.936. The zero-order chi connectivity index (χ0) is 17.4. The van der Waals surface area contributed by atoms with Gasteiger partial charge in [-0.2, -0.15) is 0 Å². The molecule has 0 unspecified atom stereocenters. The van der Waals surface area contributed by atoms with Crippen molar-refractivity contribution in [3.63, 3.8) is 0 Å². The van der Waals surface area contributed by atoms with Gasteiger partial charge in [0, 0.05) is 18.0 Å². The highest BCUT2D eigenvalue weighted by Gasteiger charge is 2.39. The maximum atomic E-state index is 13.2. The molecule has 1 aromatic carbocycles. The summed E-state index contributed by atoms with van der Waals surface area (Å²) < 4.78 is 17.0. The Morgan fingerprint density at radius 3 is 2.88 bits per heavy atom. The molecule has 2 aromatic rings. The first-order chi connectivity index (χ1) is 12.1. The Hall–Kier alpha value is -2.41. The van der Waals surface area contributed by atoms with Crippen molar-refractivity contribution in [1.82, 2.24) is 15.1 Å². The molecule has 1 fully saturated rings. The smallest absolute Gasteiger partial charge is 0.241 e. The molecule has 1 aromatic heterocycles. The molecular weight excluding hydrogens is 322 g/mol. The highest BCUT2D eigenvalue weighted by atomic mass is 16.5. The summed E-state index contributed by atoms with van der Waals surface area (Å²) in [6.07, 6.45) is 0. The molecule has 0 radical (unpaired) electrons. The average Bonchev–Trinajstić information content (AvgIpc) is 3.28. The predicted octanol–water partition coefficient (Wildman–Crippen LogP) is 2.27. The third-order valence-corrected chi connectivity index (χ3v) is 4.64. The SMILES string of the molecule is CC(C)c1nnc([C@H]2COCCN2C(=O)[C@@H]2COc3ccccc32)o1. The lowest BCUT2D eigenvalue weighted by molar-refractivity contribution is -0.143. The molecule has 2 atom stereocenters. The van der Waals surface area contributed by atoms with Crippen LogP contribution in [0.2, 0.25) is 0 Å². The van der Waals surface area contributed by atoms with Gasteiger partial charge in [-0.25, -0.2) is 0 Å². The van der Waals surface area contributed by atoms with Crippen LogP contribution in [0.4, 0.5) is 0 Å². The van der Waals surface area contributed by atoms with Gasteiger partial charge in [-0.1, -0.05) is 32.0 Å². The largest absolute Gasteiger partial charge is 0.492 e. The van der Waals surface area contributed by atoms with E-state index in [1.807, 2.05) is 38.1 Å². The monoisotopic (exact) mass is 343 g/mol. The number of carbonyl (C=O) groups excluding carboxylic acids is 1. The second-order valence-electron chi connectivity index (χ2n) is 6.66. The summed E-state index contributed by atoms with van der Waals surface area (Å²) in [7, 11) is 0. The van der Waals surface area contributed by atoms with Gasteiger partial charge < -0.3 is 18.8 Å². The molecule has 25 heavy (non-hydrogen) atoms. The Kier molecular flexibility index (Phi) is 4.17. The Morgan fingerprint density at radius 1 is 1.24 bits per heavy atom. The van der Waals surface area contributed by atoms with E-state index in [4.69, 9.17) is 13.9 Å². The Morgan fingerprint density at radius 2 is 2.08 bits per heavy atom. The molecule has 0 spiro atoms. The van der Waals surface area contributed by atoms with E-state index in [1.54, 1.807) is 4.90 Å². The molecule has 0 N–H and O–H groups in total. The van der Waals surface area contributed by atoms with E-state index in [0.29, 0.717) is 38.1 Å². The summed E-state index contributed by atoms with van der Waals surface area (Å²) >= 11 is 0. The molecule has 3 heterocycles. The summed E-state index contributed by atoms with van der Waals surface area (Å²) in [6.45, 7) is 5.71. The molecule has 1 saturated heterocycles. The predicted molar refractivity (Wildman–Crippen MR) is 88.3 cm³/mol. The molecule has 0 saturated carbocycles. The maximum Gasteiger partial charge on any atom is 0.241 e. The van der Waals surface area contributed by atoms with Crippen LogP contribution in [0.15, 0.2) is 28.7 Å². The van der Waals surface area contributed by atoms with Crippen molar-refractivity contribution in [2.24, 2.45) is 0 Å². The number of rotatable bonds is 3. The van der Waals surface area contributed by atoms with Crippen LogP contribution in [0.1, 0.15) is 49.1 Å². The molecule has 4 rings (SSSR count). The molecule has 132 valence electrons. The Balaban J connectivity index is 1.60. The quantitative estimate of drug-likeness (QED) is 0.851. The van der Waals surface area contributed by atoms with Crippen molar-refractivity contribution >= 4 is 5.91 Å². The van der Waals surface area contributed by atoms with Gasteiger partial charge in [0.05, 0.1) is 13.2 Å². The lowest BCUT2D eigenvalue weighted by Crippen LogP contribution is -2.45. The normalized spacial score (nSPS) is 22.8. The molecular formula is C18H21N3O4. The number of aromatic nitrogens is 2. The summed E-state index contributed by atoms with van der Waals surface area (Å²) in [6, 6.07) is 7.33. The van der Waals surface area contributed by atoms with Crippen LogP contribution < -0.4 is 4.74 Å². The first kappa shape index (κ1) is 16.1.